The van der Waals surface area contributed by atoms with Crippen molar-refractivity contribution >= 4 is 11.7 Å². The molecule has 19 heavy (non-hydrogen) atoms. The molecule has 1 aromatic heterocycles. The number of fused-ring (bicyclic) bond motifs is 3. The van der Waals surface area contributed by atoms with E-state index in [4.69, 9.17) is 9.84 Å². The van der Waals surface area contributed by atoms with E-state index in [1.807, 2.05) is 0 Å². The van der Waals surface area contributed by atoms with Crippen LogP contribution in [0.4, 0.5) is 5.69 Å². The van der Waals surface area contributed by atoms with Crippen molar-refractivity contribution in [3.8, 4) is 11.4 Å². The third-order valence-electron chi connectivity index (χ3n) is 2.85. The quantitative estimate of drug-likeness (QED) is 0.646. The summed E-state index contributed by atoms with van der Waals surface area (Å²) in [5, 5.41) is 19.9. The molecule has 2 heterocycles. The van der Waals surface area contributed by atoms with Crippen LogP contribution >= 0.6 is 0 Å². The van der Waals surface area contributed by atoms with E-state index >= 15 is 0 Å². The van der Waals surface area contributed by atoms with Gasteiger partial charge in [0.25, 0.3) is 0 Å². The summed E-state index contributed by atoms with van der Waals surface area (Å²) >= 11 is 0. The molecule has 1 aliphatic rings. The van der Waals surface area contributed by atoms with Gasteiger partial charge in [-0.2, -0.15) is 0 Å². The average Bonchev–Trinajstić information content (AvgIpc) is 2.81. The van der Waals surface area contributed by atoms with Gasteiger partial charge in [0.15, 0.2) is 5.69 Å². The van der Waals surface area contributed by atoms with Crippen molar-refractivity contribution in [1.29, 1.82) is 0 Å². The molecule has 0 bridgehead atoms. The number of hydrogen-bond acceptors (Lipinski definition) is 5. The predicted octanol–water partition coefficient (Wildman–Crippen LogP) is 1.37. The summed E-state index contributed by atoms with van der Waals surface area (Å²) in [6, 6.07) is 4.45. The van der Waals surface area contributed by atoms with Gasteiger partial charge in [-0.25, -0.2) is 9.78 Å². The van der Waals surface area contributed by atoms with Gasteiger partial charge in [0, 0.05) is 6.07 Å². The van der Waals surface area contributed by atoms with Crippen LogP contribution in [0.5, 0.6) is 5.75 Å². The van der Waals surface area contributed by atoms with Crippen LogP contribution in [-0.2, 0) is 6.61 Å². The van der Waals surface area contributed by atoms with E-state index in [9.17, 15) is 14.9 Å². The van der Waals surface area contributed by atoms with Gasteiger partial charge in [-0.1, -0.05) is 6.07 Å². The lowest BCUT2D eigenvalue weighted by molar-refractivity contribution is -0.386. The van der Waals surface area contributed by atoms with Gasteiger partial charge >= 0.3 is 11.7 Å². The lowest BCUT2D eigenvalue weighted by Crippen LogP contribution is -2.15. The van der Waals surface area contributed by atoms with Gasteiger partial charge in [-0.15, -0.1) is 0 Å². The third kappa shape index (κ3) is 1.53. The highest BCUT2D eigenvalue weighted by molar-refractivity contribution is 5.87. The van der Waals surface area contributed by atoms with Crippen LogP contribution in [0.15, 0.2) is 24.5 Å². The van der Waals surface area contributed by atoms with E-state index in [1.165, 1.54) is 23.0 Å². The Balaban J connectivity index is 2.23. The molecule has 0 spiro atoms. The first-order valence-electron chi connectivity index (χ1n) is 5.29. The first-order valence-corrected chi connectivity index (χ1v) is 5.29. The number of imidazole rings is 1. The molecule has 8 nitrogen and oxygen atoms in total. The molecule has 8 heteroatoms. The summed E-state index contributed by atoms with van der Waals surface area (Å²) < 4.78 is 6.82. The van der Waals surface area contributed by atoms with Crippen molar-refractivity contribution in [2.24, 2.45) is 0 Å². The summed E-state index contributed by atoms with van der Waals surface area (Å²) in [5.74, 6) is -1.04. The molecule has 1 aromatic carbocycles. The normalized spacial score (nSPS) is 12.2. The van der Waals surface area contributed by atoms with Crippen molar-refractivity contribution in [2.75, 3.05) is 0 Å². The number of benzene rings is 1. The molecule has 0 amide bonds. The van der Waals surface area contributed by atoms with Crippen LogP contribution in [0.1, 0.15) is 16.2 Å². The molecular weight excluding hydrogens is 254 g/mol. The summed E-state index contributed by atoms with van der Waals surface area (Å²) in [5.41, 5.74) is 0.502. The Morgan fingerprint density at radius 1 is 1.53 bits per heavy atom. The van der Waals surface area contributed by atoms with Crippen LogP contribution < -0.4 is 4.74 Å². The highest BCUT2D eigenvalue weighted by atomic mass is 16.6. The average molecular weight is 261 g/mol. The highest BCUT2D eigenvalue weighted by Gasteiger charge is 2.29. The van der Waals surface area contributed by atoms with Crippen molar-refractivity contribution in [2.45, 2.75) is 6.61 Å². The minimum absolute atomic E-state index is 0.0700. The molecule has 1 aliphatic heterocycles. The van der Waals surface area contributed by atoms with Gasteiger partial charge < -0.3 is 9.84 Å². The molecular formula is C11H7N3O5. The SMILES string of the molecule is O=C(O)c1ncn2c1COc1c-2cccc1[N+](=O)[O-]. The third-order valence-corrected chi connectivity index (χ3v) is 2.85. The number of nitro benzene ring substituents is 1. The number of carboxylic acids is 1. The second-order valence-corrected chi connectivity index (χ2v) is 3.89. The Hall–Kier alpha value is -2.90. The zero-order chi connectivity index (χ0) is 13.6. The molecule has 3 rings (SSSR count). The van der Waals surface area contributed by atoms with E-state index in [2.05, 4.69) is 4.98 Å². The van der Waals surface area contributed by atoms with Crippen molar-refractivity contribution in [3.05, 3.63) is 46.0 Å². The predicted molar refractivity (Wildman–Crippen MR) is 61.5 cm³/mol. The van der Waals surface area contributed by atoms with E-state index in [-0.39, 0.29) is 23.7 Å². The van der Waals surface area contributed by atoms with Gasteiger partial charge in [0.2, 0.25) is 5.75 Å². The second-order valence-electron chi connectivity index (χ2n) is 3.89. The number of nitro groups is 1. The molecule has 0 unspecified atom stereocenters. The smallest absolute Gasteiger partial charge is 0.356 e. The van der Waals surface area contributed by atoms with Crippen LogP contribution in [-0.4, -0.2) is 25.6 Å². The standard InChI is InChI=1S/C11H7N3O5/c15-11(16)9-8-4-19-10-6(13(8)5-12-9)2-1-3-7(10)14(17)18/h1-3,5H,4H2,(H,15,16). The van der Waals surface area contributed by atoms with E-state index in [0.29, 0.717) is 11.4 Å². The Bertz CT molecular complexity index is 706. The number of aromatic nitrogens is 2. The fourth-order valence-electron chi connectivity index (χ4n) is 2.03. The molecule has 0 radical (unpaired) electrons. The summed E-state index contributed by atoms with van der Waals surface area (Å²) in [4.78, 5) is 25.1. The number of carboxylic acid groups (broad SMARTS) is 1. The highest BCUT2D eigenvalue weighted by Crippen LogP contribution is 2.38. The maximum atomic E-state index is 11.0. The lowest BCUT2D eigenvalue weighted by Gasteiger charge is -2.19. The molecule has 0 saturated carbocycles. The second kappa shape index (κ2) is 3.80. The lowest BCUT2D eigenvalue weighted by atomic mass is 10.2. The van der Waals surface area contributed by atoms with E-state index in [1.54, 1.807) is 6.07 Å². The number of aromatic carboxylic acids is 1. The maximum absolute atomic E-state index is 11.0. The molecule has 0 fully saturated rings. The van der Waals surface area contributed by atoms with Gasteiger partial charge in [-0.3, -0.25) is 14.7 Å². The Morgan fingerprint density at radius 2 is 2.32 bits per heavy atom. The van der Waals surface area contributed by atoms with Crippen molar-refractivity contribution < 1.29 is 19.6 Å². The first-order chi connectivity index (χ1) is 9.09. The summed E-state index contributed by atoms with van der Waals surface area (Å²) in [6.45, 7) is -0.0700. The van der Waals surface area contributed by atoms with Crippen LogP contribution in [0.25, 0.3) is 5.69 Å². The minimum Gasteiger partial charge on any atom is -0.479 e. The zero-order valence-electron chi connectivity index (χ0n) is 9.44. The van der Waals surface area contributed by atoms with Gasteiger partial charge in [0.05, 0.1) is 16.3 Å². The number of hydrogen-bond donors (Lipinski definition) is 1. The first kappa shape index (κ1) is 11.2. The number of ether oxygens (including phenoxy) is 1. The zero-order valence-corrected chi connectivity index (χ0v) is 9.44. The molecule has 0 aliphatic carbocycles. The monoisotopic (exact) mass is 261 g/mol. The van der Waals surface area contributed by atoms with Crippen molar-refractivity contribution in [3.63, 3.8) is 0 Å². The van der Waals surface area contributed by atoms with Crippen molar-refractivity contribution in [1.82, 2.24) is 9.55 Å². The number of nitrogens with zero attached hydrogens (tertiary/aromatic N) is 3. The summed E-state index contributed by atoms with van der Waals surface area (Å²) in [7, 11) is 0. The largest absolute Gasteiger partial charge is 0.479 e. The topological polar surface area (TPSA) is 107 Å². The van der Waals surface area contributed by atoms with Crippen LogP contribution in [0.2, 0.25) is 0 Å². The fourth-order valence-corrected chi connectivity index (χ4v) is 2.03. The number of rotatable bonds is 2. The Kier molecular flexibility index (Phi) is 2.24. The Labute approximate surface area is 106 Å². The Morgan fingerprint density at radius 3 is 3.00 bits per heavy atom. The molecule has 0 saturated heterocycles. The van der Waals surface area contributed by atoms with Gasteiger partial charge in [-0.05, 0) is 6.07 Å². The molecule has 1 N–H and O–H groups in total. The molecule has 2 aromatic rings. The van der Waals surface area contributed by atoms with Crippen LogP contribution in [0.3, 0.4) is 0 Å². The van der Waals surface area contributed by atoms with E-state index in [0.717, 1.165) is 0 Å². The van der Waals surface area contributed by atoms with Gasteiger partial charge in [0.1, 0.15) is 12.9 Å². The fraction of sp³-hybridized carbons (Fsp3) is 0.0909. The number of carbonyl (C=O) groups is 1. The maximum Gasteiger partial charge on any atom is 0.356 e. The molecule has 96 valence electrons. The number of para-hydroxylation sites is 1. The summed E-state index contributed by atoms with van der Waals surface area (Å²) in [6.07, 6.45) is 1.32. The van der Waals surface area contributed by atoms with Crippen LogP contribution in [0, 0.1) is 10.1 Å². The minimum atomic E-state index is -1.16. The van der Waals surface area contributed by atoms with E-state index < -0.39 is 10.9 Å². The molecule has 0 atom stereocenters.